The first-order chi connectivity index (χ1) is 5.81. The van der Waals surface area contributed by atoms with Crippen molar-refractivity contribution >= 4 is 5.71 Å². The number of rotatable bonds is 2. The van der Waals surface area contributed by atoms with E-state index in [0.717, 1.165) is 0 Å². The molecule has 0 N–H and O–H groups in total. The van der Waals surface area contributed by atoms with Gasteiger partial charge in [-0.05, 0) is 12.2 Å². The third-order valence-electron chi connectivity index (χ3n) is 1.62. The lowest BCUT2D eigenvalue weighted by Gasteiger charge is -2.09. The van der Waals surface area contributed by atoms with Gasteiger partial charge in [0.25, 0.3) is 0 Å². The number of allylic oxidation sites excluding steroid dienone is 1. The van der Waals surface area contributed by atoms with Gasteiger partial charge < -0.3 is 15.0 Å². The molecule has 0 aromatic rings. The summed E-state index contributed by atoms with van der Waals surface area (Å²) in [7, 11) is 3.10. The van der Waals surface area contributed by atoms with Crippen molar-refractivity contribution < 1.29 is 14.3 Å². The molecule has 12 heavy (non-hydrogen) atoms. The second kappa shape index (κ2) is 3.85. The van der Waals surface area contributed by atoms with Gasteiger partial charge in [-0.1, -0.05) is 0 Å². The van der Waals surface area contributed by atoms with E-state index in [-0.39, 0.29) is 6.10 Å². The standard InChI is InChI=1S/C8H10N2O2/c1-11-6-3-4-8(12-2)7(5-6)10-9/h3-5,8H,1-2H3. The molecule has 1 aliphatic carbocycles. The quantitative estimate of drug-likeness (QED) is 0.449. The molecule has 64 valence electrons. The van der Waals surface area contributed by atoms with Crippen LogP contribution in [0.4, 0.5) is 0 Å². The summed E-state index contributed by atoms with van der Waals surface area (Å²) in [4.78, 5) is 3.08. The maximum Gasteiger partial charge on any atom is 0.328 e. The van der Waals surface area contributed by atoms with Crippen molar-refractivity contribution in [1.82, 2.24) is 0 Å². The highest BCUT2D eigenvalue weighted by atomic mass is 16.5. The zero-order valence-corrected chi connectivity index (χ0v) is 7.02. The van der Waals surface area contributed by atoms with E-state index < -0.39 is 0 Å². The Morgan fingerprint density at radius 3 is 2.75 bits per heavy atom. The van der Waals surface area contributed by atoms with Crippen molar-refractivity contribution in [2.24, 2.45) is 0 Å². The van der Waals surface area contributed by atoms with E-state index in [9.17, 15) is 0 Å². The number of methoxy groups -OCH3 is 2. The van der Waals surface area contributed by atoms with E-state index in [2.05, 4.69) is 4.79 Å². The Kier molecular flexibility index (Phi) is 2.80. The first-order valence-electron chi connectivity index (χ1n) is 3.50. The molecule has 1 rings (SSSR count). The molecule has 0 saturated carbocycles. The van der Waals surface area contributed by atoms with Crippen LogP contribution in [0.5, 0.6) is 0 Å². The minimum absolute atomic E-state index is 0.283. The van der Waals surface area contributed by atoms with E-state index in [1.54, 1.807) is 32.4 Å². The summed E-state index contributed by atoms with van der Waals surface area (Å²) in [5.41, 5.74) is 9.02. The number of hydrogen-bond acceptors (Lipinski definition) is 2. The third-order valence-corrected chi connectivity index (χ3v) is 1.62. The summed E-state index contributed by atoms with van der Waals surface area (Å²) in [6.07, 6.45) is 4.86. The van der Waals surface area contributed by atoms with E-state index in [1.165, 1.54) is 0 Å². The molecule has 1 atom stereocenters. The second-order valence-electron chi connectivity index (χ2n) is 2.29. The first-order valence-corrected chi connectivity index (χ1v) is 3.50. The minimum Gasteiger partial charge on any atom is -0.496 e. The van der Waals surface area contributed by atoms with Gasteiger partial charge in [0, 0.05) is 7.11 Å². The molecule has 1 aliphatic rings. The Bertz CT molecular complexity index is 275. The molecule has 0 aromatic carbocycles. The van der Waals surface area contributed by atoms with Crippen molar-refractivity contribution in [3.8, 4) is 0 Å². The van der Waals surface area contributed by atoms with Crippen LogP contribution in [0, 0.1) is 0 Å². The van der Waals surface area contributed by atoms with E-state index >= 15 is 0 Å². The minimum atomic E-state index is -0.283. The normalized spacial score (nSPS) is 21.7. The Hall–Kier alpha value is -1.38. The Morgan fingerprint density at radius 2 is 2.25 bits per heavy atom. The molecule has 0 saturated heterocycles. The van der Waals surface area contributed by atoms with Gasteiger partial charge in [0.15, 0.2) is 6.10 Å². The van der Waals surface area contributed by atoms with Crippen LogP contribution in [0.3, 0.4) is 0 Å². The van der Waals surface area contributed by atoms with Crippen LogP contribution in [-0.4, -0.2) is 30.8 Å². The average Bonchev–Trinajstić information content (AvgIpc) is 2.16. The van der Waals surface area contributed by atoms with E-state index in [1.807, 2.05) is 0 Å². The Labute approximate surface area is 70.7 Å². The molecule has 0 aromatic heterocycles. The van der Waals surface area contributed by atoms with Gasteiger partial charge in [0.2, 0.25) is 0 Å². The lowest BCUT2D eigenvalue weighted by atomic mass is 10.1. The van der Waals surface area contributed by atoms with Gasteiger partial charge in [-0.25, -0.2) is 0 Å². The van der Waals surface area contributed by atoms with Crippen molar-refractivity contribution in [2.75, 3.05) is 14.2 Å². The molecule has 0 amide bonds. The van der Waals surface area contributed by atoms with Gasteiger partial charge in [0.1, 0.15) is 5.76 Å². The SMILES string of the molecule is COC1=CC(=[N+]=[N-])C(OC)C=C1. The lowest BCUT2D eigenvalue weighted by Crippen LogP contribution is -2.22. The average molecular weight is 166 g/mol. The smallest absolute Gasteiger partial charge is 0.328 e. The first kappa shape index (κ1) is 8.71. The molecule has 0 bridgehead atoms. The van der Waals surface area contributed by atoms with Crippen molar-refractivity contribution in [3.05, 3.63) is 29.5 Å². The molecular formula is C8H10N2O2. The molecule has 4 nitrogen and oxygen atoms in total. The summed E-state index contributed by atoms with van der Waals surface area (Å²) >= 11 is 0. The van der Waals surface area contributed by atoms with Crippen LogP contribution in [0.2, 0.25) is 0 Å². The van der Waals surface area contributed by atoms with E-state index in [0.29, 0.717) is 11.5 Å². The van der Waals surface area contributed by atoms with Crippen LogP contribution < -0.4 is 0 Å². The fourth-order valence-corrected chi connectivity index (χ4v) is 0.969. The predicted octanol–water partition coefficient (Wildman–Crippen LogP) is 0.772. The van der Waals surface area contributed by atoms with Gasteiger partial charge in [0.05, 0.1) is 13.2 Å². The number of ether oxygens (including phenoxy) is 2. The maximum absolute atomic E-state index is 8.58. The molecule has 4 heteroatoms. The van der Waals surface area contributed by atoms with Gasteiger partial charge in [-0.3, -0.25) is 0 Å². The van der Waals surface area contributed by atoms with Crippen molar-refractivity contribution in [1.29, 1.82) is 0 Å². The highest BCUT2D eigenvalue weighted by Crippen LogP contribution is 2.09. The predicted molar refractivity (Wildman–Crippen MR) is 43.7 cm³/mol. The molecule has 0 fully saturated rings. The summed E-state index contributed by atoms with van der Waals surface area (Å²) in [6, 6.07) is 0. The van der Waals surface area contributed by atoms with Gasteiger partial charge >= 0.3 is 5.71 Å². The monoisotopic (exact) mass is 166 g/mol. The molecule has 0 radical (unpaired) electrons. The van der Waals surface area contributed by atoms with Crippen molar-refractivity contribution in [2.45, 2.75) is 6.10 Å². The lowest BCUT2D eigenvalue weighted by molar-refractivity contribution is -0.0188. The molecule has 0 aliphatic heterocycles. The van der Waals surface area contributed by atoms with E-state index in [4.69, 9.17) is 15.0 Å². The highest BCUT2D eigenvalue weighted by Gasteiger charge is 2.22. The number of nitrogens with zero attached hydrogens (tertiary/aromatic N) is 2. The van der Waals surface area contributed by atoms with Crippen LogP contribution >= 0.6 is 0 Å². The second-order valence-corrected chi connectivity index (χ2v) is 2.29. The fraction of sp³-hybridized carbons (Fsp3) is 0.375. The van der Waals surface area contributed by atoms with Gasteiger partial charge in [-0.2, -0.15) is 4.79 Å². The Morgan fingerprint density at radius 1 is 1.50 bits per heavy atom. The largest absolute Gasteiger partial charge is 0.496 e. The molecular weight excluding hydrogens is 156 g/mol. The van der Waals surface area contributed by atoms with Crippen molar-refractivity contribution in [3.63, 3.8) is 0 Å². The molecule has 0 heterocycles. The van der Waals surface area contributed by atoms with Crippen LogP contribution in [0.15, 0.2) is 24.0 Å². The van der Waals surface area contributed by atoms with Gasteiger partial charge in [-0.15, -0.1) is 0 Å². The maximum atomic E-state index is 8.58. The van der Waals surface area contributed by atoms with Crippen LogP contribution in [-0.2, 0) is 9.47 Å². The summed E-state index contributed by atoms with van der Waals surface area (Å²) < 4.78 is 9.95. The zero-order valence-electron chi connectivity index (χ0n) is 7.02. The molecule has 0 spiro atoms. The zero-order chi connectivity index (χ0) is 8.97. The summed E-state index contributed by atoms with van der Waals surface area (Å²) in [5.74, 6) is 0.649. The Balaban J connectivity index is 2.89. The van der Waals surface area contributed by atoms with Crippen LogP contribution in [0.1, 0.15) is 0 Å². The summed E-state index contributed by atoms with van der Waals surface area (Å²) in [5, 5.41) is 0. The van der Waals surface area contributed by atoms with Crippen LogP contribution in [0.25, 0.3) is 5.53 Å². The topological polar surface area (TPSA) is 54.9 Å². The highest BCUT2D eigenvalue weighted by molar-refractivity contribution is 5.97. The summed E-state index contributed by atoms with van der Waals surface area (Å²) in [6.45, 7) is 0. The fourth-order valence-electron chi connectivity index (χ4n) is 0.969. The number of hydrogen-bond donors (Lipinski definition) is 0. The molecule has 1 unspecified atom stereocenters. The third kappa shape index (κ3) is 1.61.